The summed E-state index contributed by atoms with van der Waals surface area (Å²) in [7, 11) is 1.48. The smallest absolute Gasteiger partial charge is 0.313 e. The van der Waals surface area contributed by atoms with E-state index in [0.717, 1.165) is 5.56 Å². The van der Waals surface area contributed by atoms with Crippen molar-refractivity contribution >= 4 is 23.5 Å². The highest BCUT2D eigenvalue weighted by Crippen LogP contribution is 2.31. The SMILES string of the molecule is COCC1(C(=O)O)CCCN(C(=O)Cc2cccc(Cl)c2)C1. The fourth-order valence-corrected chi connectivity index (χ4v) is 3.12. The van der Waals surface area contributed by atoms with Crippen LogP contribution in [0.25, 0.3) is 0 Å². The van der Waals surface area contributed by atoms with E-state index in [1.807, 2.05) is 6.07 Å². The first-order valence-corrected chi connectivity index (χ1v) is 7.59. The number of carboxylic acid groups (broad SMARTS) is 1. The number of carbonyl (C=O) groups excluding carboxylic acids is 1. The number of benzene rings is 1. The van der Waals surface area contributed by atoms with Crippen molar-refractivity contribution in [2.45, 2.75) is 19.3 Å². The second-order valence-electron chi connectivity index (χ2n) is 5.74. The Labute approximate surface area is 134 Å². The lowest BCUT2D eigenvalue weighted by Gasteiger charge is -2.39. The standard InChI is InChI=1S/C16H20ClNO4/c1-22-11-16(15(20)21)6-3-7-18(10-16)14(19)9-12-4-2-5-13(17)8-12/h2,4-5,8H,3,6-7,9-11H2,1H3,(H,20,21). The Morgan fingerprint density at radius 2 is 2.23 bits per heavy atom. The molecule has 1 N–H and O–H groups in total. The topological polar surface area (TPSA) is 66.8 Å². The first-order valence-electron chi connectivity index (χ1n) is 7.21. The predicted octanol–water partition coefficient (Wildman–Crippen LogP) is 2.22. The molecule has 0 aliphatic carbocycles. The first-order chi connectivity index (χ1) is 10.5. The number of carboxylic acids is 1. The maximum absolute atomic E-state index is 12.4. The number of hydrogen-bond donors (Lipinski definition) is 1. The molecule has 0 saturated carbocycles. The Bertz CT molecular complexity index is 559. The molecule has 1 atom stereocenters. The zero-order chi connectivity index (χ0) is 16.2. The molecule has 1 aliphatic heterocycles. The summed E-state index contributed by atoms with van der Waals surface area (Å²) in [5, 5.41) is 10.1. The van der Waals surface area contributed by atoms with Gasteiger partial charge in [-0.15, -0.1) is 0 Å². The van der Waals surface area contributed by atoms with E-state index in [1.54, 1.807) is 23.1 Å². The van der Waals surface area contributed by atoms with Crippen LogP contribution in [0.5, 0.6) is 0 Å². The van der Waals surface area contributed by atoms with Gasteiger partial charge in [0.05, 0.1) is 13.0 Å². The van der Waals surface area contributed by atoms with E-state index in [2.05, 4.69) is 0 Å². The molecule has 120 valence electrons. The zero-order valence-electron chi connectivity index (χ0n) is 12.5. The van der Waals surface area contributed by atoms with Crippen LogP contribution in [0.3, 0.4) is 0 Å². The third kappa shape index (κ3) is 3.78. The number of nitrogens with zero attached hydrogens (tertiary/aromatic N) is 1. The fourth-order valence-electron chi connectivity index (χ4n) is 2.91. The number of piperidine rings is 1. The largest absolute Gasteiger partial charge is 0.481 e. The molecular weight excluding hydrogens is 306 g/mol. The Balaban J connectivity index is 2.08. The summed E-state index contributed by atoms with van der Waals surface area (Å²) in [5.41, 5.74) is -0.174. The molecule has 0 spiro atoms. The second kappa shape index (κ2) is 7.11. The van der Waals surface area contributed by atoms with Gasteiger partial charge in [-0.25, -0.2) is 0 Å². The van der Waals surface area contributed by atoms with Crippen molar-refractivity contribution in [3.8, 4) is 0 Å². The van der Waals surface area contributed by atoms with E-state index >= 15 is 0 Å². The number of carbonyl (C=O) groups is 2. The zero-order valence-corrected chi connectivity index (χ0v) is 13.3. The lowest BCUT2D eigenvalue weighted by molar-refractivity contribution is -0.159. The second-order valence-corrected chi connectivity index (χ2v) is 6.18. The highest BCUT2D eigenvalue weighted by molar-refractivity contribution is 6.30. The normalized spacial score (nSPS) is 21.6. The fraction of sp³-hybridized carbons (Fsp3) is 0.500. The summed E-state index contributed by atoms with van der Waals surface area (Å²) in [6, 6.07) is 7.15. The van der Waals surface area contributed by atoms with Crippen LogP contribution < -0.4 is 0 Å². The number of rotatable bonds is 5. The molecule has 22 heavy (non-hydrogen) atoms. The number of likely N-dealkylation sites (tertiary alicyclic amines) is 1. The van der Waals surface area contributed by atoms with Crippen molar-refractivity contribution < 1.29 is 19.4 Å². The van der Waals surface area contributed by atoms with Crippen LogP contribution in [0, 0.1) is 5.41 Å². The molecule has 0 radical (unpaired) electrons. The van der Waals surface area contributed by atoms with Crippen LogP contribution in [0.4, 0.5) is 0 Å². The molecule has 1 aromatic carbocycles. The average molecular weight is 326 g/mol. The number of aliphatic carboxylic acids is 1. The summed E-state index contributed by atoms with van der Waals surface area (Å²) in [6.45, 7) is 0.886. The monoisotopic (exact) mass is 325 g/mol. The third-order valence-electron chi connectivity index (χ3n) is 4.05. The van der Waals surface area contributed by atoms with Gasteiger partial charge in [0, 0.05) is 25.2 Å². The van der Waals surface area contributed by atoms with Gasteiger partial charge in [-0.05, 0) is 30.5 Å². The molecule has 0 bridgehead atoms. The highest BCUT2D eigenvalue weighted by atomic mass is 35.5. The van der Waals surface area contributed by atoms with Crippen LogP contribution in [0.1, 0.15) is 18.4 Å². The Morgan fingerprint density at radius 3 is 2.86 bits per heavy atom. The Hall–Kier alpha value is -1.59. The van der Waals surface area contributed by atoms with Crippen molar-refractivity contribution in [1.82, 2.24) is 4.90 Å². The number of methoxy groups -OCH3 is 1. The number of ether oxygens (including phenoxy) is 1. The van der Waals surface area contributed by atoms with E-state index in [0.29, 0.717) is 24.4 Å². The van der Waals surface area contributed by atoms with Crippen LogP contribution in [-0.2, 0) is 20.7 Å². The quantitative estimate of drug-likeness (QED) is 0.901. The van der Waals surface area contributed by atoms with Crippen LogP contribution in [-0.4, -0.2) is 48.7 Å². The summed E-state index contributed by atoms with van der Waals surface area (Å²) >= 11 is 5.92. The molecule has 5 nitrogen and oxygen atoms in total. The van der Waals surface area contributed by atoms with Gasteiger partial charge in [0.1, 0.15) is 5.41 Å². The maximum atomic E-state index is 12.4. The van der Waals surface area contributed by atoms with E-state index in [4.69, 9.17) is 16.3 Å². The first kappa shape index (κ1) is 16.8. The van der Waals surface area contributed by atoms with Crippen molar-refractivity contribution in [2.75, 3.05) is 26.8 Å². The molecule has 1 saturated heterocycles. The molecular formula is C16H20ClNO4. The van der Waals surface area contributed by atoms with Gasteiger partial charge in [-0.2, -0.15) is 0 Å². The number of halogens is 1. The van der Waals surface area contributed by atoms with Gasteiger partial charge in [0.15, 0.2) is 0 Å². The van der Waals surface area contributed by atoms with Crippen molar-refractivity contribution in [3.05, 3.63) is 34.9 Å². The van der Waals surface area contributed by atoms with E-state index < -0.39 is 11.4 Å². The maximum Gasteiger partial charge on any atom is 0.313 e. The summed E-state index contributed by atoms with van der Waals surface area (Å²) in [5.74, 6) is -0.988. The number of amides is 1. The van der Waals surface area contributed by atoms with Gasteiger partial charge in [0.25, 0.3) is 0 Å². The molecule has 0 aromatic heterocycles. The lowest BCUT2D eigenvalue weighted by Crippen LogP contribution is -2.52. The molecule has 2 rings (SSSR count). The molecule has 1 aliphatic rings. The van der Waals surface area contributed by atoms with Gasteiger partial charge in [-0.3, -0.25) is 9.59 Å². The van der Waals surface area contributed by atoms with E-state index in [-0.39, 0.29) is 25.5 Å². The van der Waals surface area contributed by atoms with Crippen molar-refractivity contribution in [3.63, 3.8) is 0 Å². The number of hydrogen-bond acceptors (Lipinski definition) is 3. The third-order valence-corrected chi connectivity index (χ3v) is 4.28. The van der Waals surface area contributed by atoms with Crippen LogP contribution in [0.15, 0.2) is 24.3 Å². The van der Waals surface area contributed by atoms with E-state index in [1.165, 1.54) is 7.11 Å². The molecule has 1 aromatic rings. The lowest BCUT2D eigenvalue weighted by atomic mass is 9.80. The summed E-state index contributed by atoms with van der Waals surface area (Å²) in [4.78, 5) is 25.7. The van der Waals surface area contributed by atoms with Crippen molar-refractivity contribution in [2.24, 2.45) is 5.41 Å². The highest BCUT2D eigenvalue weighted by Gasteiger charge is 2.43. The molecule has 6 heteroatoms. The summed E-state index contributed by atoms with van der Waals surface area (Å²) < 4.78 is 5.07. The minimum atomic E-state index is -1.00. The van der Waals surface area contributed by atoms with Crippen molar-refractivity contribution in [1.29, 1.82) is 0 Å². The minimum Gasteiger partial charge on any atom is -0.481 e. The summed E-state index contributed by atoms with van der Waals surface area (Å²) in [6.07, 6.45) is 1.41. The van der Waals surface area contributed by atoms with Gasteiger partial charge in [0.2, 0.25) is 5.91 Å². The Kier molecular flexibility index (Phi) is 5.42. The van der Waals surface area contributed by atoms with Gasteiger partial charge < -0.3 is 14.7 Å². The molecule has 1 heterocycles. The minimum absolute atomic E-state index is 0.0799. The van der Waals surface area contributed by atoms with E-state index in [9.17, 15) is 14.7 Å². The van der Waals surface area contributed by atoms with Gasteiger partial charge in [-0.1, -0.05) is 23.7 Å². The van der Waals surface area contributed by atoms with Gasteiger partial charge >= 0.3 is 5.97 Å². The molecule has 1 unspecified atom stereocenters. The van der Waals surface area contributed by atoms with Crippen LogP contribution >= 0.6 is 11.6 Å². The van der Waals surface area contributed by atoms with Crippen LogP contribution in [0.2, 0.25) is 5.02 Å². The Morgan fingerprint density at radius 1 is 1.45 bits per heavy atom. The molecule has 1 fully saturated rings. The average Bonchev–Trinajstić information content (AvgIpc) is 2.47. The predicted molar refractivity (Wildman–Crippen MR) is 82.9 cm³/mol. The molecule has 1 amide bonds.